The van der Waals surface area contributed by atoms with E-state index in [2.05, 4.69) is 37.2 Å². The smallest absolute Gasteiger partial charge is 0.226 e. The Morgan fingerprint density at radius 3 is 2.87 bits per heavy atom. The Morgan fingerprint density at radius 2 is 2.09 bits per heavy atom. The molecule has 7 heteroatoms. The molecule has 1 aromatic heterocycles. The summed E-state index contributed by atoms with van der Waals surface area (Å²) in [6.45, 7) is 3.15. The van der Waals surface area contributed by atoms with Gasteiger partial charge in [0.2, 0.25) is 5.91 Å². The number of amides is 1. The van der Waals surface area contributed by atoms with E-state index in [0.717, 1.165) is 46.3 Å². The number of carbonyl (C=O) groups is 1. The molecule has 0 saturated carbocycles. The molecule has 5 nitrogen and oxygen atoms in total. The molecule has 0 radical (unpaired) electrons. The second-order valence-electron chi connectivity index (χ2n) is 5.64. The van der Waals surface area contributed by atoms with Gasteiger partial charge in [-0.2, -0.15) is 0 Å². The van der Waals surface area contributed by atoms with E-state index in [1.165, 1.54) is 0 Å². The van der Waals surface area contributed by atoms with Gasteiger partial charge in [0.05, 0.1) is 18.1 Å². The van der Waals surface area contributed by atoms with Crippen molar-refractivity contribution in [1.82, 2.24) is 4.98 Å². The maximum absolute atomic E-state index is 12.1. The maximum atomic E-state index is 12.1. The van der Waals surface area contributed by atoms with Crippen LogP contribution in [-0.2, 0) is 9.53 Å². The van der Waals surface area contributed by atoms with Crippen molar-refractivity contribution >= 4 is 44.1 Å². The van der Waals surface area contributed by atoms with Gasteiger partial charge in [0.15, 0.2) is 5.13 Å². The molecule has 1 amide bonds. The number of ether oxygens (including phenoxy) is 1. The lowest BCUT2D eigenvalue weighted by molar-refractivity contribution is -0.116. The number of thiazole rings is 1. The van der Waals surface area contributed by atoms with Crippen molar-refractivity contribution in [2.24, 2.45) is 0 Å². The standard InChI is InChI=1S/C16H16BrN3O2S/c17-12-4-2-1-3-10(12)11-9-13(21)18-15-14(11)23-16(19-15)20-5-7-22-8-6-20/h1-4,11H,5-9H2,(H,18,21). The van der Waals surface area contributed by atoms with Crippen LogP contribution in [0.1, 0.15) is 22.8 Å². The van der Waals surface area contributed by atoms with Crippen LogP contribution in [0.15, 0.2) is 28.7 Å². The van der Waals surface area contributed by atoms with Gasteiger partial charge in [0, 0.05) is 29.9 Å². The Bertz CT molecular complexity index is 743. The number of nitrogens with one attached hydrogen (secondary N) is 1. The predicted molar refractivity (Wildman–Crippen MR) is 94.4 cm³/mol. The summed E-state index contributed by atoms with van der Waals surface area (Å²) in [6, 6.07) is 8.09. The molecule has 2 aliphatic rings. The van der Waals surface area contributed by atoms with Crippen molar-refractivity contribution in [2.45, 2.75) is 12.3 Å². The molecular weight excluding hydrogens is 378 g/mol. The number of anilines is 2. The molecular formula is C16H16BrN3O2S. The highest BCUT2D eigenvalue weighted by atomic mass is 79.9. The number of fused-ring (bicyclic) bond motifs is 1. The van der Waals surface area contributed by atoms with E-state index in [4.69, 9.17) is 4.74 Å². The van der Waals surface area contributed by atoms with Crippen LogP contribution in [0, 0.1) is 0 Å². The number of aromatic nitrogens is 1. The van der Waals surface area contributed by atoms with Gasteiger partial charge >= 0.3 is 0 Å². The maximum Gasteiger partial charge on any atom is 0.226 e. The van der Waals surface area contributed by atoms with Crippen LogP contribution in [-0.4, -0.2) is 37.2 Å². The number of rotatable bonds is 2. The highest BCUT2D eigenvalue weighted by Gasteiger charge is 2.32. The van der Waals surface area contributed by atoms with E-state index in [1.807, 2.05) is 18.2 Å². The number of hydrogen-bond acceptors (Lipinski definition) is 5. The normalized spacial score (nSPS) is 21.0. The molecule has 0 spiro atoms. The molecule has 1 aromatic carbocycles. The van der Waals surface area contributed by atoms with Crippen LogP contribution in [0.25, 0.3) is 0 Å². The fourth-order valence-corrected chi connectivity index (χ4v) is 4.76. The first-order chi connectivity index (χ1) is 11.2. The first-order valence-electron chi connectivity index (χ1n) is 7.60. The largest absolute Gasteiger partial charge is 0.378 e. The van der Waals surface area contributed by atoms with Gasteiger partial charge in [-0.1, -0.05) is 45.5 Å². The average Bonchev–Trinajstić information content (AvgIpc) is 2.99. The summed E-state index contributed by atoms with van der Waals surface area (Å²) >= 11 is 5.29. The predicted octanol–water partition coefficient (Wildman–Crippen LogP) is 3.22. The highest BCUT2D eigenvalue weighted by Crippen LogP contribution is 2.44. The highest BCUT2D eigenvalue weighted by molar-refractivity contribution is 9.10. The molecule has 2 aromatic rings. The number of hydrogen-bond donors (Lipinski definition) is 1. The zero-order valence-electron chi connectivity index (χ0n) is 12.4. The fraction of sp³-hybridized carbons (Fsp3) is 0.375. The van der Waals surface area contributed by atoms with Crippen molar-refractivity contribution in [3.63, 3.8) is 0 Å². The van der Waals surface area contributed by atoms with Gasteiger partial charge in [0.25, 0.3) is 0 Å². The molecule has 23 heavy (non-hydrogen) atoms. The second kappa shape index (κ2) is 6.22. The first-order valence-corrected chi connectivity index (χ1v) is 9.21. The van der Waals surface area contributed by atoms with E-state index in [-0.39, 0.29) is 11.8 Å². The minimum atomic E-state index is 0.0251. The lowest BCUT2D eigenvalue weighted by Crippen LogP contribution is -2.36. The number of nitrogens with zero attached hydrogens (tertiary/aromatic N) is 2. The molecule has 4 rings (SSSR count). The van der Waals surface area contributed by atoms with Crippen LogP contribution >= 0.6 is 27.3 Å². The Labute approximate surface area is 146 Å². The van der Waals surface area contributed by atoms with Crippen molar-refractivity contribution in [3.8, 4) is 0 Å². The summed E-state index contributed by atoms with van der Waals surface area (Å²) in [5, 5.41) is 3.90. The van der Waals surface area contributed by atoms with Crippen LogP contribution in [0.3, 0.4) is 0 Å². The average molecular weight is 394 g/mol. The van der Waals surface area contributed by atoms with Gasteiger partial charge in [-0.15, -0.1) is 0 Å². The van der Waals surface area contributed by atoms with Gasteiger partial charge in [-0.3, -0.25) is 4.79 Å². The van der Waals surface area contributed by atoms with Crippen LogP contribution in [0.5, 0.6) is 0 Å². The first kappa shape index (κ1) is 15.1. The Kier molecular flexibility index (Phi) is 4.09. The number of carbonyl (C=O) groups excluding carboxylic acids is 1. The number of morpholine rings is 1. The van der Waals surface area contributed by atoms with Crippen LogP contribution in [0.2, 0.25) is 0 Å². The summed E-state index contributed by atoms with van der Waals surface area (Å²) in [4.78, 5) is 20.2. The van der Waals surface area contributed by atoms with Gasteiger partial charge in [0.1, 0.15) is 5.82 Å². The molecule has 1 unspecified atom stereocenters. The topological polar surface area (TPSA) is 54.5 Å². The molecule has 120 valence electrons. The van der Waals surface area contributed by atoms with E-state index in [1.54, 1.807) is 11.3 Å². The fourth-order valence-electron chi connectivity index (χ4n) is 3.01. The summed E-state index contributed by atoms with van der Waals surface area (Å²) in [5.41, 5.74) is 1.14. The third-order valence-electron chi connectivity index (χ3n) is 4.17. The van der Waals surface area contributed by atoms with Gasteiger partial charge in [-0.05, 0) is 11.6 Å². The van der Waals surface area contributed by atoms with Crippen molar-refractivity contribution in [1.29, 1.82) is 0 Å². The lowest BCUT2D eigenvalue weighted by Gasteiger charge is -2.26. The quantitative estimate of drug-likeness (QED) is 0.850. The number of benzene rings is 1. The van der Waals surface area contributed by atoms with E-state index in [9.17, 15) is 4.79 Å². The van der Waals surface area contributed by atoms with Crippen LogP contribution in [0.4, 0.5) is 10.9 Å². The summed E-state index contributed by atoms with van der Waals surface area (Å²) in [5.74, 6) is 0.798. The lowest BCUT2D eigenvalue weighted by atomic mass is 9.92. The van der Waals surface area contributed by atoms with Crippen molar-refractivity contribution in [3.05, 3.63) is 39.2 Å². The van der Waals surface area contributed by atoms with E-state index >= 15 is 0 Å². The molecule has 1 atom stereocenters. The third-order valence-corrected chi connectivity index (χ3v) is 6.12. The summed E-state index contributed by atoms with van der Waals surface area (Å²) in [6.07, 6.45) is 0.459. The van der Waals surface area contributed by atoms with Crippen molar-refractivity contribution < 1.29 is 9.53 Å². The van der Waals surface area contributed by atoms with Gasteiger partial charge < -0.3 is 15.0 Å². The zero-order chi connectivity index (χ0) is 15.8. The number of halogens is 1. The summed E-state index contributed by atoms with van der Waals surface area (Å²) < 4.78 is 6.44. The monoisotopic (exact) mass is 393 g/mol. The molecule has 3 heterocycles. The molecule has 1 saturated heterocycles. The second-order valence-corrected chi connectivity index (χ2v) is 7.50. The Balaban J connectivity index is 1.73. The molecule has 0 aliphatic carbocycles. The molecule has 2 aliphatic heterocycles. The molecule has 1 N–H and O–H groups in total. The SMILES string of the molecule is O=C1CC(c2ccccc2Br)c2sc(N3CCOCC3)nc2N1. The van der Waals surface area contributed by atoms with Crippen LogP contribution < -0.4 is 10.2 Å². The Morgan fingerprint density at radius 1 is 1.30 bits per heavy atom. The van der Waals surface area contributed by atoms with Crippen molar-refractivity contribution in [2.75, 3.05) is 36.5 Å². The minimum Gasteiger partial charge on any atom is -0.378 e. The molecule has 0 bridgehead atoms. The van der Waals surface area contributed by atoms with Gasteiger partial charge in [-0.25, -0.2) is 4.98 Å². The molecule has 1 fully saturated rings. The Hall–Kier alpha value is -1.44. The van der Waals surface area contributed by atoms with E-state index < -0.39 is 0 Å². The zero-order valence-corrected chi connectivity index (χ0v) is 14.8. The minimum absolute atomic E-state index is 0.0251. The third kappa shape index (κ3) is 2.88. The van der Waals surface area contributed by atoms with E-state index in [0.29, 0.717) is 12.2 Å². The summed E-state index contributed by atoms with van der Waals surface area (Å²) in [7, 11) is 0.